The van der Waals surface area contributed by atoms with E-state index in [0.717, 1.165) is 0 Å². The summed E-state index contributed by atoms with van der Waals surface area (Å²) in [5, 5.41) is 24.7. The Morgan fingerprint density at radius 1 is 1.25 bits per heavy atom. The van der Waals surface area contributed by atoms with Crippen LogP contribution in [0.15, 0.2) is 35.1 Å². The first-order valence-corrected chi connectivity index (χ1v) is 4.41. The molecule has 6 heteroatoms. The smallest absolute Gasteiger partial charge is 0.264 e. The second-order valence-corrected chi connectivity index (χ2v) is 3.01. The summed E-state index contributed by atoms with van der Waals surface area (Å²) in [5.74, 6) is -1.07. The summed E-state index contributed by atoms with van der Waals surface area (Å²) >= 11 is 0. The van der Waals surface area contributed by atoms with Crippen LogP contribution in [0.25, 0.3) is 0 Å². The van der Waals surface area contributed by atoms with E-state index in [1.807, 2.05) is 0 Å². The molecule has 1 aromatic heterocycles. The zero-order valence-corrected chi connectivity index (χ0v) is 8.04. The molecule has 0 fully saturated rings. The molecule has 2 aromatic rings. The minimum Gasteiger partial charge on any atom is -0.507 e. The maximum Gasteiger partial charge on any atom is 0.264 e. The molecule has 6 nitrogen and oxygen atoms in total. The first-order chi connectivity index (χ1) is 7.68. The van der Waals surface area contributed by atoms with Crippen molar-refractivity contribution >= 4 is 11.7 Å². The number of benzene rings is 1. The molecule has 0 unspecified atom stereocenters. The number of rotatable bonds is 2. The minimum atomic E-state index is -0.662. The van der Waals surface area contributed by atoms with Crippen LogP contribution in [-0.4, -0.2) is 21.3 Å². The van der Waals surface area contributed by atoms with Crippen molar-refractivity contribution in [2.75, 3.05) is 5.32 Å². The Hall–Kier alpha value is -2.50. The summed E-state index contributed by atoms with van der Waals surface area (Å²) in [4.78, 5) is 11.6. The van der Waals surface area contributed by atoms with Gasteiger partial charge in [-0.15, -0.1) is 0 Å². The van der Waals surface area contributed by atoms with Crippen molar-refractivity contribution in [3.8, 4) is 11.5 Å². The van der Waals surface area contributed by atoms with Crippen molar-refractivity contribution in [3.63, 3.8) is 0 Å². The number of aromatic nitrogens is 1. The van der Waals surface area contributed by atoms with Gasteiger partial charge in [0.2, 0.25) is 0 Å². The molecule has 0 aliphatic carbocycles. The molecule has 16 heavy (non-hydrogen) atoms. The highest BCUT2D eigenvalue weighted by Crippen LogP contribution is 2.26. The first kappa shape index (κ1) is 10.0. The van der Waals surface area contributed by atoms with E-state index in [1.165, 1.54) is 30.5 Å². The van der Waals surface area contributed by atoms with Crippen LogP contribution in [0.4, 0.5) is 5.82 Å². The molecule has 3 N–H and O–H groups in total. The van der Waals surface area contributed by atoms with Crippen molar-refractivity contribution in [3.05, 3.63) is 36.1 Å². The maximum absolute atomic E-state index is 11.6. The first-order valence-electron chi connectivity index (χ1n) is 4.41. The fourth-order valence-electron chi connectivity index (χ4n) is 1.22. The molecule has 0 radical (unpaired) electrons. The van der Waals surface area contributed by atoms with E-state index >= 15 is 0 Å². The van der Waals surface area contributed by atoms with Gasteiger partial charge in [0.15, 0.2) is 5.82 Å². The fraction of sp³-hybridized carbons (Fsp3) is 0. The molecule has 1 aromatic carbocycles. The van der Waals surface area contributed by atoms with Gasteiger partial charge in [-0.3, -0.25) is 4.79 Å². The standard InChI is InChI=1S/C10H8N2O4/c13-6-2-1-3-7(14)9(6)10(15)11-8-4-5-16-12-8/h1-5,13-14H,(H,11,12,15). The van der Waals surface area contributed by atoms with E-state index in [0.29, 0.717) is 0 Å². The van der Waals surface area contributed by atoms with E-state index in [-0.39, 0.29) is 22.9 Å². The molecule has 0 aliphatic rings. The van der Waals surface area contributed by atoms with Gasteiger partial charge in [0.25, 0.3) is 5.91 Å². The topological polar surface area (TPSA) is 95.6 Å². The fourth-order valence-corrected chi connectivity index (χ4v) is 1.22. The number of phenols is 2. The predicted molar refractivity (Wildman–Crippen MR) is 54.2 cm³/mol. The van der Waals surface area contributed by atoms with Crippen LogP contribution < -0.4 is 5.32 Å². The van der Waals surface area contributed by atoms with Gasteiger partial charge in [-0.2, -0.15) is 0 Å². The van der Waals surface area contributed by atoms with E-state index in [1.54, 1.807) is 0 Å². The Kier molecular flexibility index (Phi) is 2.47. The van der Waals surface area contributed by atoms with Crippen molar-refractivity contribution in [2.24, 2.45) is 0 Å². The molecule has 0 atom stereocenters. The van der Waals surface area contributed by atoms with Gasteiger partial charge in [-0.1, -0.05) is 11.2 Å². The molecule has 0 bridgehead atoms. The SMILES string of the molecule is O=C(Nc1ccon1)c1c(O)cccc1O. The van der Waals surface area contributed by atoms with Gasteiger partial charge in [0.05, 0.1) is 0 Å². The van der Waals surface area contributed by atoms with Crippen LogP contribution in [0, 0.1) is 0 Å². The van der Waals surface area contributed by atoms with Crippen molar-refractivity contribution in [2.45, 2.75) is 0 Å². The number of phenolic OH excluding ortho intramolecular Hbond substituents is 2. The molecule has 1 heterocycles. The third-order valence-electron chi connectivity index (χ3n) is 1.93. The second-order valence-electron chi connectivity index (χ2n) is 3.01. The molecule has 82 valence electrons. The Labute approximate surface area is 90.1 Å². The zero-order valence-electron chi connectivity index (χ0n) is 8.04. The summed E-state index contributed by atoms with van der Waals surface area (Å²) in [5.41, 5.74) is -0.203. The molecule has 1 amide bonds. The third kappa shape index (κ3) is 1.81. The highest BCUT2D eigenvalue weighted by Gasteiger charge is 2.16. The molecule has 0 spiro atoms. The number of hydrogen-bond donors (Lipinski definition) is 3. The molecular weight excluding hydrogens is 212 g/mol. The van der Waals surface area contributed by atoms with Crippen LogP contribution in [0.5, 0.6) is 11.5 Å². The number of carbonyl (C=O) groups is 1. The summed E-state index contributed by atoms with van der Waals surface area (Å²) in [6.07, 6.45) is 1.29. The number of hydrogen-bond acceptors (Lipinski definition) is 5. The van der Waals surface area contributed by atoms with Crippen LogP contribution in [0.3, 0.4) is 0 Å². The lowest BCUT2D eigenvalue weighted by Crippen LogP contribution is -2.12. The number of aromatic hydroxyl groups is 2. The van der Waals surface area contributed by atoms with Crippen molar-refractivity contribution in [1.29, 1.82) is 0 Å². The van der Waals surface area contributed by atoms with E-state index in [2.05, 4.69) is 15.0 Å². The lowest BCUT2D eigenvalue weighted by Gasteiger charge is -2.05. The average molecular weight is 220 g/mol. The molecule has 0 aliphatic heterocycles. The lowest BCUT2D eigenvalue weighted by molar-refractivity contribution is 0.102. The lowest BCUT2D eigenvalue weighted by atomic mass is 10.1. The number of nitrogens with one attached hydrogen (secondary N) is 1. The van der Waals surface area contributed by atoms with Gasteiger partial charge in [-0.05, 0) is 12.1 Å². The van der Waals surface area contributed by atoms with E-state index in [4.69, 9.17) is 0 Å². The number of amides is 1. The second kappa shape index (κ2) is 3.93. The normalized spacial score (nSPS) is 10.0. The Morgan fingerprint density at radius 3 is 2.50 bits per heavy atom. The number of carbonyl (C=O) groups excluding carboxylic acids is 1. The third-order valence-corrected chi connectivity index (χ3v) is 1.93. The summed E-state index contributed by atoms with van der Waals surface area (Å²) in [6, 6.07) is 5.47. The van der Waals surface area contributed by atoms with E-state index in [9.17, 15) is 15.0 Å². The monoisotopic (exact) mass is 220 g/mol. The molecule has 0 saturated heterocycles. The van der Waals surface area contributed by atoms with Crippen LogP contribution in [0.1, 0.15) is 10.4 Å². The quantitative estimate of drug-likeness (QED) is 0.709. The van der Waals surface area contributed by atoms with Crippen LogP contribution in [-0.2, 0) is 0 Å². The molecule has 0 saturated carbocycles. The van der Waals surface area contributed by atoms with Gasteiger partial charge >= 0.3 is 0 Å². The summed E-state index contributed by atoms with van der Waals surface area (Å²) in [6.45, 7) is 0. The van der Waals surface area contributed by atoms with Crippen LogP contribution >= 0.6 is 0 Å². The zero-order chi connectivity index (χ0) is 11.5. The molecular formula is C10H8N2O4. The number of nitrogens with zero attached hydrogens (tertiary/aromatic N) is 1. The van der Waals surface area contributed by atoms with Crippen molar-refractivity contribution in [1.82, 2.24) is 5.16 Å². The van der Waals surface area contributed by atoms with Crippen LogP contribution in [0.2, 0.25) is 0 Å². The van der Waals surface area contributed by atoms with Gasteiger partial charge in [0, 0.05) is 6.07 Å². The average Bonchev–Trinajstić information content (AvgIpc) is 2.70. The van der Waals surface area contributed by atoms with Gasteiger partial charge in [-0.25, -0.2) is 0 Å². The van der Waals surface area contributed by atoms with E-state index < -0.39 is 5.91 Å². The Morgan fingerprint density at radius 2 is 1.94 bits per heavy atom. The Bertz CT molecular complexity index is 487. The van der Waals surface area contributed by atoms with Gasteiger partial charge in [0.1, 0.15) is 23.3 Å². The highest BCUT2D eigenvalue weighted by atomic mass is 16.5. The van der Waals surface area contributed by atoms with Gasteiger partial charge < -0.3 is 20.1 Å². The largest absolute Gasteiger partial charge is 0.507 e. The summed E-state index contributed by atoms with van der Waals surface area (Å²) in [7, 11) is 0. The maximum atomic E-state index is 11.6. The number of anilines is 1. The predicted octanol–water partition coefficient (Wildman–Crippen LogP) is 1.34. The highest BCUT2D eigenvalue weighted by molar-refractivity contribution is 6.07. The minimum absolute atomic E-state index is 0.202. The Balaban J connectivity index is 2.28. The van der Waals surface area contributed by atoms with Crippen molar-refractivity contribution < 1.29 is 19.5 Å². The summed E-state index contributed by atoms with van der Waals surface area (Å²) < 4.78 is 4.52. The molecule has 2 rings (SSSR count).